The number of pyridine rings is 1. The van der Waals surface area contributed by atoms with Gasteiger partial charge in [0, 0.05) is 38.3 Å². The summed E-state index contributed by atoms with van der Waals surface area (Å²) in [6, 6.07) is 13.7. The third-order valence-electron chi connectivity index (χ3n) is 6.07. The lowest BCUT2D eigenvalue weighted by Gasteiger charge is -2.15. The second-order valence-electron chi connectivity index (χ2n) is 8.75. The Morgan fingerprint density at radius 3 is 2.49 bits per heavy atom. The van der Waals surface area contributed by atoms with Gasteiger partial charge < -0.3 is 20.7 Å². The fourth-order valence-corrected chi connectivity index (χ4v) is 3.94. The molecule has 0 aliphatic heterocycles. The number of rotatable bonds is 8. The first-order chi connectivity index (χ1) is 16.8. The summed E-state index contributed by atoms with van der Waals surface area (Å²) < 4.78 is 5.88. The Labute approximate surface area is 205 Å². The predicted octanol–water partition coefficient (Wildman–Crippen LogP) is 4.05. The molecule has 2 aromatic carbocycles. The lowest BCUT2D eigenvalue weighted by molar-refractivity contribution is -0.127. The van der Waals surface area contributed by atoms with Crippen molar-refractivity contribution in [1.29, 1.82) is 0 Å². The maximum absolute atomic E-state index is 11.9. The molecule has 35 heavy (non-hydrogen) atoms. The molecule has 0 atom stereocenters. The van der Waals surface area contributed by atoms with Crippen LogP contribution >= 0.6 is 0 Å². The van der Waals surface area contributed by atoms with E-state index >= 15 is 0 Å². The maximum atomic E-state index is 11.9. The first kappa shape index (κ1) is 23.9. The summed E-state index contributed by atoms with van der Waals surface area (Å²) in [7, 11) is 3.51. The van der Waals surface area contributed by atoms with Crippen molar-refractivity contribution in [1.82, 2.24) is 19.9 Å². The number of carbonyl (C=O) groups is 1. The number of hydrogen-bond donors (Lipinski definition) is 2. The van der Waals surface area contributed by atoms with Gasteiger partial charge in [-0.25, -0.2) is 15.0 Å². The van der Waals surface area contributed by atoms with E-state index < -0.39 is 0 Å². The number of nitrogens with one attached hydrogen (secondary N) is 1. The van der Waals surface area contributed by atoms with Gasteiger partial charge in [-0.2, -0.15) is 0 Å². The smallest absolute Gasteiger partial charge is 0.226 e. The molecule has 0 aliphatic carbocycles. The van der Waals surface area contributed by atoms with E-state index in [1.807, 2.05) is 30.3 Å². The van der Waals surface area contributed by atoms with E-state index in [0.717, 1.165) is 27.5 Å². The van der Waals surface area contributed by atoms with E-state index in [2.05, 4.69) is 40.2 Å². The minimum Gasteiger partial charge on any atom is -0.473 e. The van der Waals surface area contributed by atoms with Crippen LogP contribution in [-0.2, 0) is 24.4 Å². The number of nitrogens with two attached hydrogens (primary N) is 1. The van der Waals surface area contributed by atoms with E-state index in [0.29, 0.717) is 37.1 Å². The van der Waals surface area contributed by atoms with Gasteiger partial charge in [0.05, 0.1) is 6.42 Å². The van der Waals surface area contributed by atoms with Crippen molar-refractivity contribution in [3.63, 3.8) is 0 Å². The molecule has 8 nitrogen and oxygen atoms in total. The second kappa shape index (κ2) is 10.4. The van der Waals surface area contributed by atoms with Gasteiger partial charge in [0.1, 0.15) is 24.6 Å². The van der Waals surface area contributed by atoms with E-state index in [1.165, 1.54) is 17.5 Å². The molecule has 4 rings (SSSR count). The summed E-state index contributed by atoms with van der Waals surface area (Å²) in [5, 5.41) is 5.46. The summed E-state index contributed by atoms with van der Waals surface area (Å²) in [4.78, 5) is 26.2. The van der Waals surface area contributed by atoms with Crippen LogP contribution in [0.2, 0.25) is 0 Å². The molecule has 180 valence electrons. The lowest BCUT2D eigenvalue weighted by atomic mass is 9.96. The molecule has 0 bridgehead atoms. The molecule has 2 heterocycles. The van der Waals surface area contributed by atoms with Crippen LogP contribution in [0.3, 0.4) is 0 Å². The summed E-state index contributed by atoms with van der Waals surface area (Å²) >= 11 is 0. The Morgan fingerprint density at radius 2 is 1.74 bits per heavy atom. The van der Waals surface area contributed by atoms with E-state index in [1.54, 1.807) is 31.3 Å². The Hall–Kier alpha value is -4.20. The summed E-state index contributed by atoms with van der Waals surface area (Å²) in [6.07, 6.45) is 3.61. The Bertz CT molecular complexity index is 1350. The molecule has 1 amide bonds. The van der Waals surface area contributed by atoms with Gasteiger partial charge in [-0.05, 0) is 59.2 Å². The summed E-state index contributed by atoms with van der Waals surface area (Å²) in [5.41, 5.74) is 11.5. The number of benzene rings is 2. The summed E-state index contributed by atoms with van der Waals surface area (Å²) in [6.45, 7) is 5.16. The highest BCUT2D eigenvalue weighted by Gasteiger charge is 2.11. The van der Waals surface area contributed by atoms with Crippen LogP contribution in [0, 0.1) is 13.8 Å². The zero-order chi connectivity index (χ0) is 24.9. The number of carbonyl (C=O) groups excluding carboxylic acids is 1. The second-order valence-corrected chi connectivity index (χ2v) is 8.75. The molecule has 0 unspecified atom stereocenters. The zero-order valence-electron chi connectivity index (χ0n) is 20.5. The Balaban J connectivity index is 1.39. The van der Waals surface area contributed by atoms with E-state index in [4.69, 9.17) is 10.5 Å². The van der Waals surface area contributed by atoms with Crippen molar-refractivity contribution < 1.29 is 9.53 Å². The number of fused-ring (bicyclic) bond motifs is 1. The van der Waals surface area contributed by atoms with Crippen LogP contribution in [0.1, 0.15) is 27.8 Å². The molecule has 0 saturated carbocycles. The van der Waals surface area contributed by atoms with Crippen LogP contribution in [-0.4, -0.2) is 39.9 Å². The first-order valence-corrected chi connectivity index (χ1v) is 11.4. The average molecular weight is 471 g/mol. The van der Waals surface area contributed by atoms with Gasteiger partial charge >= 0.3 is 0 Å². The van der Waals surface area contributed by atoms with Gasteiger partial charge in [0.2, 0.25) is 11.8 Å². The maximum Gasteiger partial charge on any atom is 0.226 e. The fourth-order valence-electron chi connectivity index (χ4n) is 3.94. The molecule has 2 aromatic heterocycles. The number of anilines is 2. The van der Waals surface area contributed by atoms with E-state index in [9.17, 15) is 4.79 Å². The van der Waals surface area contributed by atoms with Crippen molar-refractivity contribution in [3.8, 4) is 5.88 Å². The van der Waals surface area contributed by atoms with Crippen molar-refractivity contribution in [2.24, 2.45) is 0 Å². The van der Waals surface area contributed by atoms with Gasteiger partial charge in [-0.15, -0.1) is 0 Å². The SMILES string of the molecule is Cc1cc2c(N)nccc2c(C)c1CNc1cc(OCc2ccc(CC(=O)N(C)C)cc2)ncn1. The molecule has 0 spiro atoms. The monoisotopic (exact) mass is 470 g/mol. The number of ether oxygens (including phenoxy) is 1. The number of aromatic nitrogens is 3. The number of hydrogen-bond acceptors (Lipinski definition) is 7. The minimum atomic E-state index is 0.0743. The van der Waals surface area contributed by atoms with Crippen LogP contribution in [0.25, 0.3) is 10.8 Å². The van der Waals surface area contributed by atoms with Crippen molar-refractivity contribution in [2.75, 3.05) is 25.1 Å². The Morgan fingerprint density at radius 1 is 1.00 bits per heavy atom. The molecular formula is C27H30N6O2. The van der Waals surface area contributed by atoms with Crippen molar-refractivity contribution in [2.45, 2.75) is 33.4 Å². The van der Waals surface area contributed by atoms with Crippen molar-refractivity contribution >= 4 is 28.3 Å². The molecule has 0 radical (unpaired) electrons. The number of likely N-dealkylation sites (N-methyl/N-ethyl adjacent to an activating group) is 1. The molecule has 0 saturated heterocycles. The van der Waals surface area contributed by atoms with Gasteiger partial charge in [-0.3, -0.25) is 4.79 Å². The van der Waals surface area contributed by atoms with E-state index in [-0.39, 0.29) is 5.91 Å². The van der Waals surface area contributed by atoms with Gasteiger partial charge in [-0.1, -0.05) is 24.3 Å². The largest absolute Gasteiger partial charge is 0.473 e. The highest BCUT2D eigenvalue weighted by Crippen LogP contribution is 2.28. The number of nitrogens with zero attached hydrogens (tertiary/aromatic N) is 4. The minimum absolute atomic E-state index is 0.0743. The topological polar surface area (TPSA) is 106 Å². The normalized spacial score (nSPS) is 10.9. The van der Waals surface area contributed by atoms with Crippen molar-refractivity contribution in [3.05, 3.63) is 82.8 Å². The number of amides is 1. The third-order valence-corrected chi connectivity index (χ3v) is 6.07. The quantitative estimate of drug-likeness (QED) is 0.400. The molecule has 4 aromatic rings. The Kier molecular flexibility index (Phi) is 7.10. The van der Waals surface area contributed by atoms with Crippen LogP contribution in [0.5, 0.6) is 5.88 Å². The molecule has 0 aliphatic rings. The van der Waals surface area contributed by atoms with Crippen LogP contribution < -0.4 is 15.8 Å². The average Bonchev–Trinajstić information content (AvgIpc) is 2.84. The third kappa shape index (κ3) is 5.66. The lowest BCUT2D eigenvalue weighted by Crippen LogP contribution is -2.23. The van der Waals surface area contributed by atoms with Gasteiger partial charge in [0.15, 0.2) is 0 Å². The number of nitrogen functional groups attached to an aromatic ring is 1. The molecular weight excluding hydrogens is 440 g/mol. The molecule has 0 fully saturated rings. The standard InChI is InChI=1S/C27H30N6O2/c1-17-11-22-21(9-10-29-27(22)28)18(2)23(17)14-30-24-13-25(32-16-31-24)35-15-20-7-5-19(6-8-20)12-26(34)33(3)4/h5-11,13,16H,12,14-15H2,1-4H3,(H2,28,29)(H,30,31,32). The predicted molar refractivity (Wildman–Crippen MR) is 138 cm³/mol. The zero-order valence-corrected chi connectivity index (χ0v) is 20.5. The fraction of sp³-hybridized carbons (Fsp3) is 0.259. The summed E-state index contributed by atoms with van der Waals surface area (Å²) in [5.74, 6) is 1.79. The van der Waals surface area contributed by atoms with Crippen LogP contribution in [0.15, 0.2) is 55.0 Å². The van der Waals surface area contributed by atoms with Gasteiger partial charge in [0.25, 0.3) is 0 Å². The van der Waals surface area contributed by atoms with Crippen LogP contribution in [0.4, 0.5) is 11.6 Å². The first-order valence-electron chi connectivity index (χ1n) is 11.4. The molecule has 3 N–H and O–H groups in total. The number of aryl methyl sites for hydroxylation is 2. The highest BCUT2D eigenvalue weighted by atomic mass is 16.5. The molecule has 8 heteroatoms. The highest BCUT2D eigenvalue weighted by molar-refractivity contribution is 5.94.